The number of rotatable bonds is 4. The Kier molecular flexibility index (Phi) is 4.73. The van der Waals surface area contributed by atoms with Crippen LogP contribution in [0.3, 0.4) is 0 Å². The number of fused-ring (bicyclic) bond motifs is 2. The van der Waals surface area contributed by atoms with E-state index < -0.39 is 0 Å². The lowest BCUT2D eigenvalue weighted by Crippen LogP contribution is -2.42. The number of likely N-dealkylation sites (N-methyl/N-ethyl adjacent to an activating group) is 1. The minimum atomic E-state index is 0.179. The first kappa shape index (κ1) is 18.0. The van der Waals surface area contributed by atoms with Crippen molar-refractivity contribution in [2.45, 2.75) is 32.4 Å². The molecule has 5 heteroatoms. The van der Waals surface area contributed by atoms with E-state index in [0.717, 1.165) is 43.2 Å². The number of piperidine rings is 1. The maximum Gasteiger partial charge on any atom is 0.186 e. The van der Waals surface area contributed by atoms with Crippen LogP contribution in [0.4, 0.5) is 5.13 Å². The highest BCUT2D eigenvalue weighted by Crippen LogP contribution is 2.34. The van der Waals surface area contributed by atoms with Gasteiger partial charge < -0.3 is 9.64 Å². The highest BCUT2D eigenvalue weighted by atomic mass is 32.1. The number of benzene rings is 2. The minimum absolute atomic E-state index is 0.179. The highest BCUT2D eigenvalue weighted by molar-refractivity contribution is 7.22. The average molecular weight is 394 g/mol. The Balaban J connectivity index is 1.17. The van der Waals surface area contributed by atoms with Gasteiger partial charge in [0.2, 0.25) is 0 Å². The van der Waals surface area contributed by atoms with Crippen LogP contribution in [-0.2, 0) is 6.42 Å². The maximum absolute atomic E-state index is 6.27. The van der Waals surface area contributed by atoms with E-state index in [0.29, 0.717) is 0 Å². The number of aryl methyl sites for hydroxylation is 1. The molecular formula is C23H27N3OS. The van der Waals surface area contributed by atoms with Crippen molar-refractivity contribution in [2.75, 3.05) is 31.6 Å². The number of para-hydroxylation sites is 2. The molecule has 1 atom stereocenters. The molecule has 1 unspecified atom stereocenters. The van der Waals surface area contributed by atoms with Gasteiger partial charge in [0.25, 0.3) is 0 Å². The third-order valence-corrected chi connectivity index (χ3v) is 7.24. The zero-order valence-corrected chi connectivity index (χ0v) is 17.4. The summed E-state index contributed by atoms with van der Waals surface area (Å²) in [6.07, 6.45) is 3.62. The third-order valence-electron chi connectivity index (χ3n) is 6.15. The molecule has 0 amide bonds. The molecule has 4 nitrogen and oxygen atoms in total. The van der Waals surface area contributed by atoms with E-state index in [9.17, 15) is 0 Å². The minimum Gasteiger partial charge on any atom is -0.474 e. The molecule has 5 rings (SSSR count). The van der Waals surface area contributed by atoms with Crippen LogP contribution in [0, 0.1) is 12.8 Å². The van der Waals surface area contributed by atoms with Gasteiger partial charge in [-0.15, -0.1) is 0 Å². The molecule has 0 aliphatic carbocycles. The number of thiazole rings is 1. The van der Waals surface area contributed by atoms with Crippen LogP contribution < -0.4 is 9.64 Å². The van der Waals surface area contributed by atoms with Crippen molar-refractivity contribution in [3.63, 3.8) is 0 Å². The third kappa shape index (κ3) is 3.38. The zero-order valence-electron chi connectivity index (χ0n) is 16.6. The second kappa shape index (κ2) is 7.37. The quantitative estimate of drug-likeness (QED) is 0.642. The Bertz CT molecular complexity index is 944. The molecular weight excluding hydrogens is 366 g/mol. The molecule has 1 fully saturated rings. The number of ether oxygens (including phenoxy) is 1. The van der Waals surface area contributed by atoms with Crippen LogP contribution in [0.5, 0.6) is 5.75 Å². The predicted molar refractivity (Wildman–Crippen MR) is 116 cm³/mol. The largest absolute Gasteiger partial charge is 0.474 e. The van der Waals surface area contributed by atoms with Crippen molar-refractivity contribution < 1.29 is 4.74 Å². The standard InChI is InChI=1S/C23H27N3OS/c1-16-6-5-7-18-14-21(27-22(16)18)25(2)15-17-10-12-26(13-11-17)23-24-19-8-3-4-9-20(19)28-23/h3-9,17,21H,10-15H2,1-2H3. The Morgan fingerprint density at radius 1 is 1.14 bits per heavy atom. The second-order valence-corrected chi connectivity index (χ2v) is 9.18. The molecule has 0 saturated carbocycles. The van der Waals surface area contributed by atoms with E-state index in [1.807, 2.05) is 11.3 Å². The Hall–Kier alpha value is -2.11. The lowest BCUT2D eigenvalue weighted by atomic mass is 9.96. The monoisotopic (exact) mass is 393 g/mol. The van der Waals surface area contributed by atoms with Gasteiger partial charge >= 0.3 is 0 Å². The van der Waals surface area contributed by atoms with Crippen LogP contribution in [0.15, 0.2) is 42.5 Å². The average Bonchev–Trinajstić information content (AvgIpc) is 3.33. The Labute approximate surface area is 170 Å². The molecule has 0 radical (unpaired) electrons. The Morgan fingerprint density at radius 3 is 2.75 bits per heavy atom. The summed E-state index contributed by atoms with van der Waals surface area (Å²) in [6, 6.07) is 14.9. The topological polar surface area (TPSA) is 28.6 Å². The van der Waals surface area contributed by atoms with Crippen molar-refractivity contribution >= 4 is 26.7 Å². The molecule has 0 bridgehead atoms. The van der Waals surface area contributed by atoms with Gasteiger partial charge in [0.1, 0.15) is 5.75 Å². The lowest BCUT2D eigenvalue weighted by molar-refractivity contribution is 0.0486. The SMILES string of the molecule is Cc1cccc2c1OC(N(C)CC1CCN(c3nc4ccccc4s3)CC1)C2. The van der Waals surface area contributed by atoms with E-state index in [-0.39, 0.29) is 6.23 Å². The van der Waals surface area contributed by atoms with Gasteiger partial charge in [0, 0.05) is 26.1 Å². The van der Waals surface area contributed by atoms with Crippen molar-refractivity contribution in [3.05, 3.63) is 53.6 Å². The molecule has 2 aliphatic heterocycles. The van der Waals surface area contributed by atoms with Crippen molar-refractivity contribution in [1.82, 2.24) is 9.88 Å². The molecule has 0 N–H and O–H groups in total. The highest BCUT2D eigenvalue weighted by Gasteiger charge is 2.30. The van der Waals surface area contributed by atoms with Gasteiger partial charge in [-0.25, -0.2) is 4.98 Å². The van der Waals surface area contributed by atoms with Gasteiger partial charge in [-0.1, -0.05) is 41.7 Å². The fourth-order valence-electron chi connectivity index (χ4n) is 4.48. The van der Waals surface area contributed by atoms with E-state index in [1.54, 1.807) is 0 Å². The summed E-state index contributed by atoms with van der Waals surface area (Å²) < 4.78 is 7.56. The first-order chi connectivity index (χ1) is 13.7. The van der Waals surface area contributed by atoms with Gasteiger partial charge in [-0.2, -0.15) is 0 Å². The molecule has 2 aliphatic rings. The normalized spacial score (nSPS) is 20.0. The Morgan fingerprint density at radius 2 is 1.96 bits per heavy atom. The first-order valence-corrected chi connectivity index (χ1v) is 11.0. The summed E-state index contributed by atoms with van der Waals surface area (Å²) in [5.41, 5.74) is 3.72. The second-order valence-electron chi connectivity index (χ2n) is 8.17. The summed E-state index contributed by atoms with van der Waals surface area (Å²) in [4.78, 5) is 9.71. The van der Waals surface area contributed by atoms with Crippen LogP contribution >= 0.6 is 11.3 Å². The number of aromatic nitrogens is 1. The molecule has 0 spiro atoms. The van der Waals surface area contributed by atoms with E-state index in [1.165, 1.54) is 33.8 Å². The van der Waals surface area contributed by atoms with Crippen LogP contribution in [-0.4, -0.2) is 42.8 Å². The summed E-state index contributed by atoms with van der Waals surface area (Å²) in [6.45, 7) is 5.44. The molecule has 3 aromatic rings. The number of hydrogen-bond acceptors (Lipinski definition) is 5. The van der Waals surface area contributed by atoms with Crippen LogP contribution in [0.2, 0.25) is 0 Å². The summed E-state index contributed by atoms with van der Waals surface area (Å²) in [5, 5.41) is 1.18. The smallest absolute Gasteiger partial charge is 0.186 e. The van der Waals surface area contributed by atoms with E-state index in [4.69, 9.17) is 9.72 Å². The molecule has 28 heavy (non-hydrogen) atoms. The van der Waals surface area contributed by atoms with E-state index >= 15 is 0 Å². The van der Waals surface area contributed by atoms with Gasteiger partial charge in [-0.05, 0) is 56.0 Å². The summed E-state index contributed by atoms with van der Waals surface area (Å²) in [7, 11) is 2.21. The molecule has 146 valence electrons. The van der Waals surface area contributed by atoms with Crippen molar-refractivity contribution in [2.24, 2.45) is 5.92 Å². The van der Waals surface area contributed by atoms with Crippen molar-refractivity contribution in [3.8, 4) is 5.75 Å². The van der Waals surface area contributed by atoms with E-state index in [2.05, 4.69) is 66.2 Å². The molecule has 1 saturated heterocycles. The summed E-state index contributed by atoms with van der Waals surface area (Å²) in [5.74, 6) is 1.83. The summed E-state index contributed by atoms with van der Waals surface area (Å²) >= 11 is 1.82. The van der Waals surface area contributed by atoms with Gasteiger partial charge in [-0.3, -0.25) is 4.90 Å². The zero-order chi connectivity index (χ0) is 19.1. The van der Waals surface area contributed by atoms with Gasteiger partial charge in [0.05, 0.1) is 10.2 Å². The molecule has 1 aromatic heterocycles. The number of anilines is 1. The van der Waals surface area contributed by atoms with Crippen molar-refractivity contribution in [1.29, 1.82) is 0 Å². The first-order valence-electron chi connectivity index (χ1n) is 10.2. The van der Waals surface area contributed by atoms with Gasteiger partial charge in [0.15, 0.2) is 11.4 Å². The fourth-order valence-corrected chi connectivity index (χ4v) is 5.50. The van der Waals surface area contributed by atoms with Crippen LogP contribution in [0.25, 0.3) is 10.2 Å². The lowest BCUT2D eigenvalue weighted by Gasteiger charge is -2.35. The molecule has 2 aromatic carbocycles. The van der Waals surface area contributed by atoms with Crippen LogP contribution in [0.1, 0.15) is 24.0 Å². The molecule has 3 heterocycles. The fraction of sp³-hybridized carbons (Fsp3) is 0.435. The predicted octanol–water partition coefficient (Wildman–Crippen LogP) is 4.71. The number of hydrogen-bond donors (Lipinski definition) is 0. The maximum atomic E-state index is 6.27. The number of nitrogens with zero attached hydrogens (tertiary/aromatic N) is 3.